The highest BCUT2D eigenvalue weighted by atomic mass is 35.5. The molecule has 0 unspecified atom stereocenters. The lowest BCUT2D eigenvalue weighted by Gasteiger charge is -2.15. The van der Waals surface area contributed by atoms with Crippen LogP contribution in [-0.4, -0.2) is 41.5 Å². The maximum atomic E-state index is 12.6. The van der Waals surface area contributed by atoms with Gasteiger partial charge in [0.15, 0.2) is 11.5 Å². The molecule has 1 aliphatic heterocycles. The smallest absolute Gasteiger partial charge is 0.266 e. The second-order valence-electron chi connectivity index (χ2n) is 7.72. The zero-order valence-electron chi connectivity index (χ0n) is 19.6. The Kier molecular flexibility index (Phi) is 9.45. The molecular formula is C26H28ClNO4S2. The fourth-order valence-corrected chi connectivity index (χ4v) is 5.00. The lowest BCUT2D eigenvalue weighted by Crippen LogP contribution is -2.27. The molecule has 0 atom stereocenters. The van der Waals surface area contributed by atoms with Gasteiger partial charge in [0.1, 0.15) is 10.1 Å². The van der Waals surface area contributed by atoms with Gasteiger partial charge in [-0.2, -0.15) is 0 Å². The van der Waals surface area contributed by atoms with Crippen molar-refractivity contribution >= 4 is 51.9 Å². The van der Waals surface area contributed by atoms with Crippen LogP contribution in [0.3, 0.4) is 0 Å². The molecule has 8 heteroatoms. The Labute approximate surface area is 215 Å². The lowest BCUT2D eigenvalue weighted by atomic mass is 10.1. The molecule has 2 aromatic carbocycles. The fourth-order valence-electron chi connectivity index (χ4n) is 3.45. The number of carbonyl (C=O) groups is 1. The van der Waals surface area contributed by atoms with Gasteiger partial charge in [0.2, 0.25) is 0 Å². The lowest BCUT2D eigenvalue weighted by molar-refractivity contribution is -0.121. The van der Waals surface area contributed by atoms with E-state index in [4.69, 9.17) is 38.0 Å². The predicted molar refractivity (Wildman–Crippen MR) is 144 cm³/mol. The van der Waals surface area contributed by atoms with Crippen LogP contribution in [0, 0.1) is 13.8 Å². The number of hydrogen-bond acceptors (Lipinski definition) is 6. The summed E-state index contributed by atoms with van der Waals surface area (Å²) in [5.74, 6) is 1.71. The molecule has 0 spiro atoms. The number of thiocarbonyl (C=S) groups is 1. The Hall–Kier alpha value is -2.48. The van der Waals surface area contributed by atoms with E-state index in [1.807, 2.05) is 39.0 Å². The standard InChI is InChI=1S/C26H28ClNO4S2/c1-5-8-28-25(29)23(34-26(28)33)16-19-14-21(27)24(22(15-19)30-6-2)32-10-7-9-31-20-12-17(3)11-18(4)13-20/h5,11-16H,1,6-10H2,2-4H3. The zero-order valence-corrected chi connectivity index (χ0v) is 21.9. The minimum absolute atomic E-state index is 0.145. The molecular weight excluding hydrogens is 490 g/mol. The number of hydrogen-bond donors (Lipinski definition) is 0. The van der Waals surface area contributed by atoms with E-state index in [0.29, 0.717) is 58.5 Å². The first-order valence-corrected chi connectivity index (χ1v) is 12.6. The van der Waals surface area contributed by atoms with Gasteiger partial charge in [-0.15, -0.1) is 6.58 Å². The molecule has 0 saturated carbocycles. The van der Waals surface area contributed by atoms with Gasteiger partial charge in [0, 0.05) is 13.0 Å². The summed E-state index contributed by atoms with van der Waals surface area (Å²) in [6.07, 6.45) is 4.09. The summed E-state index contributed by atoms with van der Waals surface area (Å²) in [6, 6.07) is 9.71. The number of amides is 1. The Bertz CT molecular complexity index is 1100. The van der Waals surface area contributed by atoms with Gasteiger partial charge in [0.05, 0.1) is 29.7 Å². The number of thioether (sulfide) groups is 1. The molecule has 0 N–H and O–H groups in total. The largest absolute Gasteiger partial charge is 0.493 e. The van der Waals surface area contributed by atoms with Crippen LogP contribution in [0.4, 0.5) is 0 Å². The van der Waals surface area contributed by atoms with E-state index in [2.05, 4.69) is 12.6 Å². The fraction of sp³-hybridized carbons (Fsp3) is 0.308. The van der Waals surface area contributed by atoms with Crippen molar-refractivity contribution in [2.45, 2.75) is 27.2 Å². The molecule has 0 bridgehead atoms. The van der Waals surface area contributed by atoms with Crippen LogP contribution in [-0.2, 0) is 4.79 Å². The van der Waals surface area contributed by atoms with E-state index >= 15 is 0 Å². The van der Waals surface area contributed by atoms with Gasteiger partial charge < -0.3 is 14.2 Å². The Morgan fingerprint density at radius 2 is 1.79 bits per heavy atom. The number of aryl methyl sites for hydroxylation is 2. The Balaban J connectivity index is 1.66. The van der Waals surface area contributed by atoms with E-state index in [1.54, 1.807) is 18.2 Å². The van der Waals surface area contributed by atoms with Crippen LogP contribution in [0.1, 0.15) is 30.0 Å². The third kappa shape index (κ3) is 6.78. The summed E-state index contributed by atoms with van der Waals surface area (Å²) in [5, 5.41) is 0.411. The molecule has 0 radical (unpaired) electrons. The van der Waals surface area contributed by atoms with E-state index < -0.39 is 0 Å². The average Bonchev–Trinajstić information content (AvgIpc) is 3.02. The first-order valence-electron chi connectivity index (χ1n) is 11.0. The number of rotatable bonds is 11. The number of nitrogens with zero attached hydrogens (tertiary/aromatic N) is 1. The van der Waals surface area contributed by atoms with Gasteiger partial charge in [-0.25, -0.2) is 0 Å². The first kappa shape index (κ1) is 26.1. The third-order valence-corrected chi connectivity index (χ3v) is 6.47. The monoisotopic (exact) mass is 517 g/mol. The molecule has 0 aliphatic carbocycles. The van der Waals surface area contributed by atoms with E-state index in [0.717, 1.165) is 11.3 Å². The Morgan fingerprint density at radius 1 is 1.09 bits per heavy atom. The highest BCUT2D eigenvalue weighted by Crippen LogP contribution is 2.39. The van der Waals surface area contributed by atoms with Crippen molar-refractivity contribution in [2.24, 2.45) is 0 Å². The number of halogens is 1. The molecule has 34 heavy (non-hydrogen) atoms. The minimum atomic E-state index is -0.145. The molecule has 180 valence electrons. The SMILES string of the molecule is C=CCN1C(=O)C(=Cc2cc(Cl)c(OCCCOc3cc(C)cc(C)c3)c(OCC)c2)SC1=S. The number of benzene rings is 2. The Morgan fingerprint density at radius 3 is 2.47 bits per heavy atom. The van der Waals surface area contributed by atoms with Crippen LogP contribution in [0.25, 0.3) is 6.08 Å². The van der Waals surface area contributed by atoms with E-state index in [-0.39, 0.29) is 5.91 Å². The van der Waals surface area contributed by atoms with Crippen molar-refractivity contribution in [1.29, 1.82) is 0 Å². The van der Waals surface area contributed by atoms with Crippen LogP contribution in [0.15, 0.2) is 47.9 Å². The van der Waals surface area contributed by atoms with Gasteiger partial charge in [-0.1, -0.05) is 47.7 Å². The molecule has 5 nitrogen and oxygen atoms in total. The summed E-state index contributed by atoms with van der Waals surface area (Å²) in [4.78, 5) is 14.7. The number of carbonyl (C=O) groups excluding carboxylic acids is 1. The normalized spacial score (nSPS) is 14.6. The summed E-state index contributed by atoms with van der Waals surface area (Å²) < 4.78 is 18.1. The molecule has 1 fully saturated rings. The second kappa shape index (κ2) is 12.3. The first-order chi connectivity index (χ1) is 16.3. The average molecular weight is 518 g/mol. The van der Waals surface area contributed by atoms with Crippen LogP contribution in [0.2, 0.25) is 5.02 Å². The van der Waals surface area contributed by atoms with Crippen LogP contribution >= 0.6 is 35.6 Å². The molecule has 1 saturated heterocycles. The van der Waals surface area contributed by atoms with Crippen molar-refractivity contribution in [3.63, 3.8) is 0 Å². The maximum absolute atomic E-state index is 12.6. The van der Waals surface area contributed by atoms with Crippen molar-refractivity contribution in [1.82, 2.24) is 4.90 Å². The predicted octanol–water partition coefficient (Wildman–Crippen LogP) is 6.59. The quantitative estimate of drug-likeness (QED) is 0.145. The second-order valence-corrected chi connectivity index (χ2v) is 9.80. The van der Waals surface area contributed by atoms with Crippen LogP contribution in [0.5, 0.6) is 17.2 Å². The summed E-state index contributed by atoms with van der Waals surface area (Å²) >= 11 is 13.1. The molecule has 1 amide bonds. The summed E-state index contributed by atoms with van der Waals surface area (Å²) in [7, 11) is 0. The van der Waals surface area contributed by atoms with Crippen LogP contribution < -0.4 is 14.2 Å². The van der Waals surface area contributed by atoms with Crippen molar-refractivity contribution < 1.29 is 19.0 Å². The molecule has 1 aliphatic rings. The number of ether oxygens (including phenoxy) is 3. The minimum Gasteiger partial charge on any atom is -0.493 e. The highest BCUT2D eigenvalue weighted by molar-refractivity contribution is 8.26. The summed E-state index contributed by atoms with van der Waals surface area (Å²) in [5.41, 5.74) is 3.07. The summed E-state index contributed by atoms with van der Waals surface area (Å²) in [6.45, 7) is 11.4. The van der Waals surface area contributed by atoms with Gasteiger partial charge in [0.25, 0.3) is 5.91 Å². The van der Waals surface area contributed by atoms with Crippen molar-refractivity contribution in [3.05, 3.63) is 69.6 Å². The van der Waals surface area contributed by atoms with Crippen molar-refractivity contribution in [3.8, 4) is 17.2 Å². The van der Waals surface area contributed by atoms with Gasteiger partial charge in [-0.05, 0) is 67.8 Å². The molecule has 3 rings (SSSR count). The van der Waals surface area contributed by atoms with E-state index in [9.17, 15) is 4.79 Å². The molecule has 0 aromatic heterocycles. The van der Waals surface area contributed by atoms with Gasteiger partial charge in [-0.3, -0.25) is 9.69 Å². The van der Waals surface area contributed by atoms with Crippen molar-refractivity contribution in [2.75, 3.05) is 26.4 Å². The zero-order chi connectivity index (χ0) is 24.7. The third-order valence-electron chi connectivity index (χ3n) is 4.81. The molecule has 2 aromatic rings. The highest BCUT2D eigenvalue weighted by Gasteiger charge is 2.31. The topological polar surface area (TPSA) is 48.0 Å². The van der Waals surface area contributed by atoms with Gasteiger partial charge >= 0.3 is 0 Å². The van der Waals surface area contributed by atoms with E-state index in [1.165, 1.54) is 27.8 Å². The molecule has 1 heterocycles. The maximum Gasteiger partial charge on any atom is 0.266 e.